The van der Waals surface area contributed by atoms with E-state index < -0.39 is 0 Å². The Morgan fingerprint density at radius 1 is 1.60 bits per heavy atom. The Bertz CT molecular complexity index is 209. The van der Waals surface area contributed by atoms with Crippen molar-refractivity contribution < 1.29 is 9.53 Å². The van der Waals surface area contributed by atoms with Gasteiger partial charge in [0, 0.05) is 20.1 Å². The third-order valence-corrected chi connectivity index (χ3v) is 3.37. The average molecular weight is 214 g/mol. The van der Waals surface area contributed by atoms with E-state index in [9.17, 15) is 4.79 Å². The van der Waals surface area contributed by atoms with Crippen LogP contribution < -0.4 is 11.1 Å². The first-order valence-electron chi connectivity index (χ1n) is 5.61. The lowest BCUT2D eigenvalue weighted by atomic mass is 9.66. The molecule has 0 saturated heterocycles. The number of nitrogens with two attached hydrogens (primary N) is 1. The molecule has 1 unspecified atom stereocenters. The standard InChI is InChI=1S/C11H22N2O2/c1-9(15-2)7-13-10(14)6-11(8-12)4-3-5-11/h9H,3-8,12H2,1-2H3,(H,13,14). The van der Waals surface area contributed by atoms with Gasteiger partial charge in [0.1, 0.15) is 0 Å². The van der Waals surface area contributed by atoms with E-state index >= 15 is 0 Å². The number of hydrogen-bond donors (Lipinski definition) is 2. The maximum absolute atomic E-state index is 11.6. The zero-order valence-corrected chi connectivity index (χ0v) is 9.71. The highest BCUT2D eigenvalue weighted by molar-refractivity contribution is 5.76. The summed E-state index contributed by atoms with van der Waals surface area (Å²) in [6.07, 6.45) is 4.04. The van der Waals surface area contributed by atoms with Gasteiger partial charge in [-0.2, -0.15) is 0 Å². The molecule has 4 nitrogen and oxygen atoms in total. The van der Waals surface area contributed by atoms with E-state index in [1.165, 1.54) is 6.42 Å². The quantitative estimate of drug-likeness (QED) is 0.682. The first-order chi connectivity index (χ1) is 7.12. The van der Waals surface area contributed by atoms with E-state index in [-0.39, 0.29) is 17.4 Å². The molecule has 3 N–H and O–H groups in total. The van der Waals surface area contributed by atoms with E-state index in [0.717, 1.165) is 12.8 Å². The van der Waals surface area contributed by atoms with Crippen LogP contribution in [0.1, 0.15) is 32.6 Å². The highest BCUT2D eigenvalue weighted by Gasteiger charge is 2.37. The monoisotopic (exact) mass is 214 g/mol. The minimum atomic E-state index is 0.0733. The van der Waals surface area contributed by atoms with Gasteiger partial charge in [-0.25, -0.2) is 0 Å². The van der Waals surface area contributed by atoms with Crippen molar-refractivity contribution in [3.05, 3.63) is 0 Å². The SMILES string of the molecule is COC(C)CNC(=O)CC1(CN)CCC1. The molecule has 1 amide bonds. The number of nitrogens with one attached hydrogen (secondary N) is 1. The van der Waals surface area contributed by atoms with Crippen molar-refractivity contribution in [3.8, 4) is 0 Å². The fourth-order valence-corrected chi connectivity index (χ4v) is 1.87. The van der Waals surface area contributed by atoms with Crippen molar-refractivity contribution in [1.29, 1.82) is 0 Å². The van der Waals surface area contributed by atoms with Crippen molar-refractivity contribution in [2.24, 2.45) is 11.1 Å². The van der Waals surface area contributed by atoms with Crippen LogP contribution in [0.3, 0.4) is 0 Å². The Morgan fingerprint density at radius 3 is 2.67 bits per heavy atom. The summed E-state index contributed by atoms with van der Waals surface area (Å²) in [4.78, 5) is 11.6. The van der Waals surface area contributed by atoms with Gasteiger partial charge < -0.3 is 15.8 Å². The minimum absolute atomic E-state index is 0.0733. The molecule has 0 radical (unpaired) electrons. The van der Waals surface area contributed by atoms with Crippen molar-refractivity contribution >= 4 is 5.91 Å². The molecule has 1 fully saturated rings. The first-order valence-corrected chi connectivity index (χ1v) is 5.61. The topological polar surface area (TPSA) is 64.3 Å². The number of hydrogen-bond acceptors (Lipinski definition) is 3. The number of carbonyl (C=O) groups excluding carboxylic acids is 1. The molecule has 88 valence electrons. The molecule has 0 aliphatic heterocycles. The van der Waals surface area contributed by atoms with Crippen LogP contribution >= 0.6 is 0 Å². The minimum Gasteiger partial charge on any atom is -0.380 e. The summed E-state index contributed by atoms with van der Waals surface area (Å²) >= 11 is 0. The van der Waals surface area contributed by atoms with Crippen molar-refractivity contribution in [1.82, 2.24) is 5.32 Å². The largest absolute Gasteiger partial charge is 0.380 e. The summed E-state index contributed by atoms with van der Waals surface area (Å²) in [5, 5.41) is 2.87. The van der Waals surface area contributed by atoms with Gasteiger partial charge in [0.25, 0.3) is 0 Å². The van der Waals surface area contributed by atoms with Crippen LogP contribution in [0.4, 0.5) is 0 Å². The van der Waals surface area contributed by atoms with Gasteiger partial charge in [0.15, 0.2) is 0 Å². The van der Waals surface area contributed by atoms with Crippen LogP contribution in [-0.4, -0.2) is 32.2 Å². The van der Waals surface area contributed by atoms with E-state index in [1.807, 2.05) is 6.92 Å². The van der Waals surface area contributed by atoms with Crippen molar-refractivity contribution in [3.63, 3.8) is 0 Å². The van der Waals surface area contributed by atoms with E-state index in [2.05, 4.69) is 5.32 Å². The average Bonchev–Trinajstić information content (AvgIpc) is 2.20. The third kappa shape index (κ3) is 3.47. The van der Waals surface area contributed by atoms with E-state index in [4.69, 9.17) is 10.5 Å². The number of rotatable bonds is 6. The predicted molar refractivity (Wildman–Crippen MR) is 59.4 cm³/mol. The van der Waals surface area contributed by atoms with Crippen LogP contribution in [0.25, 0.3) is 0 Å². The van der Waals surface area contributed by atoms with Crippen molar-refractivity contribution in [2.45, 2.75) is 38.7 Å². The van der Waals surface area contributed by atoms with Crippen LogP contribution in [0.5, 0.6) is 0 Å². The van der Waals surface area contributed by atoms with Gasteiger partial charge in [-0.05, 0) is 31.7 Å². The molecule has 1 atom stereocenters. The molecule has 0 heterocycles. The fraction of sp³-hybridized carbons (Fsp3) is 0.909. The molecule has 1 aliphatic rings. The molecule has 1 aliphatic carbocycles. The van der Waals surface area contributed by atoms with E-state index in [1.54, 1.807) is 7.11 Å². The van der Waals surface area contributed by atoms with Gasteiger partial charge in [0.2, 0.25) is 5.91 Å². The zero-order valence-electron chi connectivity index (χ0n) is 9.71. The summed E-state index contributed by atoms with van der Waals surface area (Å²) in [5.74, 6) is 0.101. The second kappa shape index (κ2) is 5.47. The fourth-order valence-electron chi connectivity index (χ4n) is 1.87. The molecular weight excluding hydrogens is 192 g/mol. The molecule has 0 aromatic heterocycles. The summed E-state index contributed by atoms with van der Waals surface area (Å²) in [7, 11) is 1.64. The maximum Gasteiger partial charge on any atom is 0.220 e. The Hall–Kier alpha value is -0.610. The van der Waals surface area contributed by atoms with Gasteiger partial charge in [0.05, 0.1) is 6.10 Å². The number of ether oxygens (including phenoxy) is 1. The Morgan fingerprint density at radius 2 is 2.27 bits per heavy atom. The number of amides is 1. The lowest BCUT2D eigenvalue weighted by molar-refractivity contribution is -0.125. The van der Waals surface area contributed by atoms with Crippen LogP contribution in [-0.2, 0) is 9.53 Å². The molecular formula is C11H22N2O2. The van der Waals surface area contributed by atoms with Crippen LogP contribution in [0, 0.1) is 5.41 Å². The lowest BCUT2D eigenvalue weighted by Gasteiger charge is -2.40. The molecule has 4 heteroatoms. The summed E-state index contributed by atoms with van der Waals surface area (Å²) in [6, 6.07) is 0. The Kier molecular flexibility index (Phi) is 4.54. The first kappa shape index (κ1) is 12.5. The Labute approximate surface area is 91.5 Å². The van der Waals surface area contributed by atoms with Gasteiger partial charge in [-0.15, -0.1) is 0 Å². The molecule has 0 bridgehead atoms. The van der Waals surface area contributed by atoms with Gasteiger partial charge >= 0.3 is 0 Å². The predicted octanol–water partition coefficient (Wildman–Crippen LogP) is 0.657. The highest BCUT2D eigenvalue weighted by atomic mass is 16.5. The summed E-state index contributed by atoms with van der Waals surface area (Å²) in [6.45, 7) is 3.14. The van der Waals surface area contributed by atoms with Crippen molar-refractivity contribution in [2.75, 3.05) is 20.2 Å². The normalized spacial score (nSPS) is 20.5. The molecule has 15 heavy (non-hydrogen) atoms. The maximum atomic E-state index is 11.6. The third-order valence-electron chi connectivity index (χ3n) is 3.37. The Balaban J connectivity index is 2.23. The molecule has 0 aromatic carbocycles. The van der Waals surface area contributed by atoms with Crippen LogP contribution in [0.2, 0.25) is 0 Å². The highest BCUT2D eigenvalue weighted by Crippen LogP contribution is 2.42. The van der Waals surface area contributed by atoms with E-state index in [0.29, 0.717) is 19.5 Å². The van der Waals surface area contributed by atoms with Gasteiger partial charge in [-0.1, -0.05) is 6.42 Å². The molecule has 1 rings (SSSR count). The number of methoxy groups -OCH3 is 1. The lowest BCUT2D eigenvalue weighted by Crippen LogP contribution is -2.43. The molecule has 1 saturated carbocycles. The molecule has 0 spiro atoms. The smallest absolute Gasteiger partial charge is 0.220 e. The zero-order chi connectivity index (χ0) is 11.3. The second-order valence-electron chi connectivity index (χ2n) is 4.58. The summed E-state index contributed by atoms with van der Waals surface area (Å²) < 4.78 is 5.06. The van der Waals surface area contributed by atoms with Crippen LogP contribution in [0.15, 0.2) is 0 Å². The second-order valence-corrected chi connectivity index (χ2v) is 4.58. The number of carbonyl (C=O) groups is 1. The molecule has 0 aromatic rings. The van der Waals surface area contributed by atoms with Gasteiger partial charge in [-0.3, -0.25) is 4.79 Å². The summed E-state index contributed by atoms with van der Waals surface area (Å²) in [5.41, 5.74) is 5.79.